The van der Waals surface area contributed by atoms with Gasteiger partial charge in [-0.25, -0.2) is 4.39 Å². The minimum atomic E-state index is -0.272. The minimum absolute atomic E-state index is 0.158. The number of hydrazone groups is 1. The van der Waals surface area contributed by atoms with Crippen LogP contribution in [0.1, 0.15) is 11.1 Å². The molecule has 0 aromatic heterocycles. The van der Waals surface area contributed by atoms with E-state index in [1.165, 1.54) is 12.1 Å². The van der Waals surface area contributed by atoms with Crippen molar-refractivity contribution in [1.82, 2.24) is 10.7 Å². The van der Waals surface area contributed by atoms with Crippen molar-refractivity contribution >= 4 is 35.1 Å². The van der Waals surface area contributed by atoms with Gasteiger partial charge >= 0.3 is 0 Å². The summed E-state index contributed by atoms with van der Waals surface area (Å²) in [6.45, 7) is 0.628. The lowest BCUT2D eigenvalue weighted by Gasteiger charge is -2.07. The van der Waals surface area contributed by atoms with Gasteiger partial charge in [-0.3, -0.25) is 5.43 Å². The van der Waals surface area contributed by atoms with Gasteiger partial charge in [0.25, 0.3) is 0 Å². The SMILES string of the molecule is Fc1ccc(CNC(=S)N/N=C\c2cc(Cl)c3c(c2)OCO3)cc1. The fourth-order valence-electron chi connectivity index (χ4n) is 2.05. The first-order valence-electron chi connectivity index (χ1n) is 7.02. The van der Waals surface area contributed by atoms with E-state index in [0.717, 1.165) is 11.1 Å². The third kappa shape index (κ3) is 4.12. The topological polar surface area (TPSA) is 54.9 Å². The maximum Gasteiger partial charge on any atom is 0.231 e. The molecule has 5 nitrogen and oxygen atoms in total. The zero-order valence-corrected chi connectivity index (χ0v) is 14.0. The molecule has 0 bridgehead atoms. The van der Waals surface area contributed by atoms with Crippen molar-refractivity contribution in [3.63, 3.8) is 0 Å². The smallest absolute Gasteiger partial charge is 0.231 e. The molecule has 0 aliphatic carbocycles. The van der Waals surface area contributed by atoms with Crippen molar-refractivity contribution in [2.45, 2.75) is 6.54 Å². The van der Waals surface area contributed by atoms with Crippen molar-refractivity contribution in [2.24, 2.45) is 5.10 Å². The molecule has 0 amide bonds. The van der Waals surface area contributed by atoms with E-state index < -0.39 is 0 Å². The average molecular weight is 366 g/mol. The van der Waals surface area contributed by atoms with Gasteiger partial charge in [0.1, 0.15) is 5.82 Å². The summed E-state index contributed by atoms with van der Waals surface area (Å²) in [7, 11) is 0. The number of nitrogens with one attached hydrogen (secondary N) is 2. The molecule has 1 aliphatic rings. The summed E-state index contributed by atoms with van der Waals surface area (Å²) in [5.74, 6) is 0.852. The summed E-state index contributed by atoms with van der Waals surface area (Å²) in [6, 6.07) is 9.65. The summed E-state index contributed by atoms with van der Waals surface area (Å²) >= 11 is 11.2. The van der Waals surface area contributed by atoms with Gasteiger partial charge in [-0.1, -0.05) is 23.7 Å². The van der Waals surface area contributed by atoms with E-state index in [9.17, 15) is 4.39 Å². The second-order valence-electron chi connectivity index (χ2n) is 4.92. The predicted octanol–water partition coefficient (Wildman–Crippen LogP) is 3.21. The molecule has 1 aliphatic heterocycles. The second kappa shape index (κ2) is 7.46. The second-order valence-corrected chi connectivity index (χ2v) is 5.73. The Morgan fingerprint density at radius 2 is 2.08 bits per heavy atom. The fraction of sp³-hybridized carbons (Fsp3) is 0.125. The molecule has 124 valence electrons. The Labute approximate surface area is 148 Å². The fourth-order valence-corrected chi connectivity index (χ4v) is 2.45. The van der Waals surface area contributed by atoms with Crippen molar-refractivity contribution in [3.05, 3.63) is 58.4 Å². The molecule has 0 spiro atoms. The van der Waals surface area contributed by atoms with Crippen LogP contribution >= 0.6 is 23.8 Å². The Bertz CT molecular complexity index is 784. The van der Waals surface area contributed by atoms with Gasteiger partial charge in [-0.2, -0.15) is 5.10 Å². The lowest BCUT2D eigenvalue weighted by atomic mass is 10.2. The molecule has 8 heteroatoms. The van der Waals surface area contributed by atoms with Gasteiger partial charge in [-0.15, -0.1) is 0 Å². The monoisotopic (exact) mass is 365 g/mol. The Morgan fingerprint density at radius 3 is 2.88 bits per heavy atom. The number of nitrogens with zero attached hydrogens (tertiary/aromatic N) is 1. The third-order valence-corrected chi connectivity index (χ3v) is 3.71. The Balaban J connectivity index is 1.51. The lowest BCUT2D eigenvalue weighted by molar-refractivity contribution is 0.174. The molecule has 0 unspecified atom stereocenters. The highest BCUT2D eigenvalue weighted by atomic mass is 35.5. The molecule has 24 heavy (non-hydrogen) atoms. The van der Waals surface area contributed by atoms with Crippen LogP contribution in [0, 0.1) is 5.82 Å². The molecule has 1 heterocycles. The summed E-state index contributed by atoms with van der Waals surface area (Å²) in [4.78, 5) is 0. The highest BCUT2D eigenvalue weighted by Crippen LogP contribution is 2.39. The molecule has 0 radical (unpaired) electrons. The summed E-state index contributed by atoms with van der Waals surface area (Å²) < 4.78 is 23.4. The minimum Gasteiger partial charge on any atom is -0.454 e. The van der Waals surface area contributed by atoms with Crippen molar-refractivity contribution in [1.29, 1.82) is 0 Å². The summed E-state index contributed by atoms with van der Waals surface area (Å²) in [5.41, 5.74) is 4.36. The zero-order chi connectivity index (χ0) is 16.9. The standard InChI is InChI=1S/C16H13ClFN3O2S/c17-13-5-11(6-14-15(13)23-9-22-14)8-20-21-16(24)19-7-10-1-3-12(18)4-2-10/h1-6,8H,7,9H2,(H2,19,21,24)/b20-8-. The van der Waals surface area contributed by atoms with E-state index in [2.05, 4.69) is 15.8 Å². The van der Waals surface area contributed by atoms with Gasteiger partial charge < -0.3 is 14.8 Å². The van der Waals surface area contributed by atoms with E-state index in [1.54, 1.807) is 30.5 Å². The van der Waals surface area contributed by atoms with Crippen LogP contribution in [0.2, 0.25) is 5.02 Å². The number of rotatable bonds is 4. The molecule has 0 atom stereocenters. The first-order chi connectivity index (χ1) is 11.6. The average Bonchev–Trinajstić information content (AvgIpc) is 3.03. The van der Waals surface area contributed by atoms with Gasteiger partial charge in [0.15, 0.2) is 16.6 Å². The number of hydrogen-bond acceptors (Lipinski definition) is 4. The number of thiocarbonyl (C=S) groups is 1. The molecule has 2 N–H and O–H groups in total. The molecule has 0 saturated carbocycles. The molecule has 0 saturated heterocycles. The van der Waals surface area contributed by atoms with Gasteiger partial charge in [-0.05, 0) is 47.6 Å². The molecule has 2 aromatic carbocycles. The van der Waals surface area contributed by atoms with Gasteiger partial charge in [0.2, 0.25) is 6.79 Å². The van der Waals surface area contributed by atoms with E-state index in [4.69, 9.17) is 33.3 Å². The van der Waals surface area contributed by atoms with E-state index in [0.29, 0.717) is 28.2 Å². The third-order valence-electron chi connectivity index (χ3n) is 3.20. The maximum absolute atomic E-state index is 12.8. The number of ether oxygens (including phenoxy) is 2. The zero-order valence-electron chi connectivity index (χ0n) is 12.4. The molecule has 2 aromatic rings. The summed E-state index contributed by atoms with van der Waals surface area (Å²) in [6.07, 6.45) is 1.57. The normalized spacial score (nSPS) is 12.4. The van der Waals surface area contributed by atoms with Crippen LogP contribution in [0.25, 0.3) is 0 Å². The first kappa shape index (κ1) is 16.5. The molecule has 3 rings (SSSR count). The van der Waals surface area contributed by atoms with Crippen LogP contribution in [0.15, 0.2) is 41.5 Å². The van der Waals surface area contributed by atoms with Crippen LogP contribution < -0.4 is 20.2 Å². The van der Waals surface area contributed by atoms with Crippen LogP contribution in [-0.4, -0.2) is 18.1 Å². The van der Waals surface area contributed by atoms with Gasteiger partial charge in [0.05, 0.1) is 11.2 Å². The van der Waals surface area contributed by atoms with Crippen LogP contribution in [0.4, 0.5) is 4.39 Å². The Kier molecular flexibility index (Phi) is 5.12. The summed E-state index contributed by atoms with van der Waals surface area (Å²) in [5, 5.41) is 7.82. The Hall–Kier alpha value is -2.38. The maximum atomic E-state index is 12.8. The number of hydrogen-bond donors (Lipinski definition) is 2. The Morgan fingerprint density at radius 1 is 1.29 bits per heavy atom. The highest BCUT2D eigenvalue weighted by molar-refractivity contribution is 7.80. The van der Waals surface area contributed by atoms with Crippen molar-refractivity contribution in [3.8, 4) is 11.5 Å². The van der Waals surface area contributed by atoms with Gasteiger partial charge in [0, 0.05) is 6.54 Å². The van der Waals surface area contributed by atoms with Crippen molar-refractivity contribution < 1.29 is 13.9 Å². The number of benzene rings is 2. The number of halogens is 2. The molecular formula is C16H13ClFN3O2S. The lowest BCUT2D eigenvalue weighted by Crippen LogP contribution is -2.31. The van der Waals surface area contributed by atoms with Crippen LogP contribution in [0.3, 0.4) is 0 Å². The molecular weight excluding hydrogens is 353 g/mol. The van der Waals surface area contributed by atoms with E-state index >= 15 is 0 Å². The molecule has 0 fully saturated rings. The number of fused-ring (bicyclic) bond motifs is 1. The van der Waals surface area contributed by atoms with Crippen molar-refractivity contribution in [2.75, 3.05) is 6.79 Å². The van der Waals surface area contributed by atoms with E-state index in [-0.39, 0.29) is 12.6 Å². The predicted molar refractivity (Wildman–Crippen MR) is 94.1 cm³/mol. The van der Waals surface area contributed by atoms with Crippen LogP contribution in [-0.2, 0) is 6.54 Å². The van der Waals surface area contributed by atoms with E-state index in [1.807, 2.05) is 0 Å². The first-order valence-corrected chi connectivity index (χ1v) is 7.81. The largest absolute Gasteiger partial charge is 0.454 e. The highest BCUT2D eigenvalue weighted by Gasteiger charge is 2.17. The van der Waals surface area contributed by atoms with Crippen LogP contribution in [0.5, 0.6) is 11.5 Å². The quantitative estimate of drug-likeness (QED) is 0.495.